The van der Waals surface area contributed by atoms with Crippen LogP contribution < -0.4 is 5.32 Å². The number of amides is 2. The van der Waals surface area contributed by atoms with E-state index in [1.165, 1.54) is 19.1 Å². The SMILES string of the molecule is Cc1ccc(CNC(=O)[C@@H]2CCC(=O)N(CCN3CCOCC3)C2)c(F)c1F. The zero-order valence-corrected chi connectivity index (χ0v) is 16.2. The number of ether oxygens (including phenoxy) is 1. The molecule has 1 aromatic carbocycles. The van der Waals surface area contributed by atoms with Gasteiger partial charge in [0, 0.05) is 51.3 Å². The number of carbonyl (C=O) groups excluding carboxylic acids is 2. The third-order valence-corrected chi connectivity index (χ3v) is 5.47. The number of aryl methyl sites for hydroxylation is 1. The van der Waals surface area contributed by atoms with Crippen molar-refractivity contribution in [2.45, 2.75) is 26.3 Å². The molecule has 2 aliphatic heterocycles. The Labute approximate surface area is 163 Å². The van der Waals surface area contributed by atoms with E-state index in [1.807, 2.05) is 0 Å². The van der Waals surface area contributed by atoms with E-state index in [1.54, 1.807) is 4.90 Å². The lowest BCUT2D eigenvalue weighted by molar-refractivity contribution is -0.138. The van der Waals surface area contributed by atoms with Crippen LogP contribution in [0.15, 0.2) is 12.1 Å². The Kier molecular flexibility index (Phi) is 6.96. The minimum Gasteiger partial charge on any atom is -0.379 e. The van der Waals surface area contributed by atoms with Crippen molar-refractivity contribution in [3.8, 4) is 0 Å². The van der Waals surface area contributed by atoms with Crippen molar-refractivity contribution >= 4 is 11.8 Å². The molecule has 0 bridgehead atoms. The van der Waals surface area contributed by atoms with Gasteiger partial charge < -0.3 is 15.0 Å². The lowest BCUT2D eigenvalue weighted by Gasteiger charge is -2.34. The van der Waals surface area contributed by atoms with E-state index in [0.29, 0.717) is 39.1 Å². The summed E-state index contributed by atoms with van der Waals surface area (Å²) in [6.45, 7) is 6.24. The van der Waals surface area contributed by atoms with Gasteiger partial charge in [-0.05, 0) is 18.9 Å². The fourth-order valence-electron chi connectivity index (χ4n) is 3.58. The monoisotopic (exact) mass is 395 g/mol. The molecular weight excluding hydrogens is 368 g/mol. The van der Waals surface area contributed by atoms with Crippen LogP contribution in [0.3, 0.4) is 0 Å². The summed E-state index contributed by atoms with van der Waals surface area (Å²) >= 11 is 0. The number of rotatable bonds is 6. The molecule has 2 heterocycles. The van der Waals surface area contributed by atoms with Crippen LogP contribution in [0.25, 0.3) is 0 Å². The fraction of sp³-hybridized carbons (Fsp3) is 0.600. The van der Waals surface area contributed by atoms with Gasteiger partial charge in [0.1, 0.15) is 0 Å². The van der Waals surface area contributed by atoms with Gasteiger partial charge in [-0.2, -0.15) is 0 Å². The average molecular weight is 395 g/mol. The maximum atomic E-state index is 14.0. The largest absolute Gasteiger partial charge is 0.379 e. The highest BCUT2D eigenvalue weighted by Crippen LogP contribution is 2.19. The summed E-state index contributed by atoms with van der Waals surface area (Å²) in [5.74, 6) is -2.32. The number of nitrogens with zero attached hydrogens (tertiary/aromatic N) is 2. The van der Waals surface area contributed by atoms with Crippen molar-refractivity contribution in [3.05, 3.63) is 34.9 Å². The third kappa shape index (κ3) is 5.05. The first-order valence-electron chi connectivity index (χ1n) is 9.74. The van der Waals surface area contributed by atoms with Crippen LogP contribution in [0.4, 0.5) is 8.78 Å². The summed E-state index contributed by atoms with van der Waals surface area (Å²) < 4.78 is 32.9. The smallest absolute Gasteiger partial charge is 0.225 e. The first-order valence-corrected chi connectivity index (χ1v) is 9.74. The Morgan fingerprint density at radius 3 is 2.71 bits per heavy atom. The molecule has 6 nitrogen and oxygen atoms in total. The molecule has 2 aliphatic rings. The summed E-state index contributed by atoms with van der Waals surface area (Å²) in [5, 5.41) is 2.69. The van der Waals surface area contributed by atoms with Gasteiger partial charge in [0.05, 0.1) is 19.1 Å². The average Bonchev–Trinajstić information content (AvgIpc) is 2.71. The van der Waals surface area contributed by atoms with Crippen LogP contribution in [0.1, 0.15) is 24.0 Å². The number of likely N-dealkylation sites (tertiary alicyclic amines) is 1. The Morgan fingerprint density at radius 1 is 1.21 bits per heavy atom. The van der Waals surface area contributed by atoms with E-state index >= 15 is 0 Å². The standard InChI is InChI=1S/C20H27F2N3O3/c1-14-2-3-15(19(22)18(14)21)12-23-20(27)16-4-5-17(26)25(13-16)7-6-24-8-10-28-11-9-24/h2-3,16H,4-13H2,1H3,(H,23,27)/t16-/m1/s1. The van der Waals surface area contributed by atoms with Gasteiger partial charge in [0.25, 0.3) is 0 Å². The van der Waals surface area contributed by atoms with Gasteiger partial charge in [0.2, 0.25) is 11.8 Å². The predicted octanol–water partition coefficient (Wildman–Crippen LogP) is 1.46. The molecule has 0 aromatic heterocycles. The van der Waals surface area contributed by atoms with Gasteiger partial charge in [-0.15, -0.1) is 0 Å². The number of nitrogens with one attached hydrogen (secondary N) is 1. The molecule has 1 aromatic rings. The van der Waals surface area contributed by atoms with Crippen molar-refractivity contribution in [1.82, 2.24) is 15.1 Å². The number of hydrogen-bond donors (Lipinski definition) is 1. The van der Waals surface area contributed by atoms with Gasteiger partial charge >= 0.3 is 0 Å². The first-order chi connectivity index (χ1) is 13.5. The van der Waals surface area contributed by atoms with Crippen LogP contribution >= 0.6 is 0 Å². The zero-order chi connectivity index (χ0) is 20.1. The quantitative estimate of drug-likeness (QED) is 0.792. The van der Waals surface area contributed by atoms with Gasteiger partial charge in [-0.25, -0.2) is 8.78 Å². The van der Waals surface area contributed by atoms with Crippen molar-refractivity contribution in [1.29, 1.82) is 0 Å². The maximum Gasteiger partial charge on any atom is 0.225 e. The van der Waals surface area contributed by atoms with E-state index in [4.69, 9.17) is 4.74 Å². The summed E-state index contributed by atoms with van der Waals surface area (Å²) in [6.07, 6.45) is 0.804. The zero-order valence-electron chi connectivity index (χ0n) is 16.2. The summed E-state index contributed by atoms with van der Waals surface area (Å²) in [4.78, 5) is 28.7. The number of carbonyl (C=O) groups is 2. The van der Waals surface area contributed by atoms with Gasteiger partial charge in [0.15, 0.2) is 11.6 Å². The molecule has 1 atom stereocenters. The molecule has 3 rings (SSSR count). The number of morpholine rings is 1. The summed E-state index contributed by atoms with van der Waals surface area (Å²) in [5.41, 5.74) is 0.349. The van der Waals surface area contributed by atoms with Crippen molar-refractivity contribution < 1.29 is 23.1 Å². The Hall–Kier alpha value is -2.06. The number of halogens is 2. The topological polar surface area (TPSA) is 61.9 Å². The number of hydrogen-bond acceptors (Lipinski definition) is 4. The molecule has 2 amide bonds. The van der Waals surface area contributed by atoms with Crippen molar-refractivity contribution in [2.75, 3.05) is 45.9 Å². The van der Waals surface area contributed by atoms with Gasteiger partial charge in [-0.3, -0.25) is 14.5 Å². The molecule has 8 heteroatoms. The lowest BCUT2D eigenvalue weighted by Crippen LogP contribution is -2.49. The minimum absolute atomic E-state index is 0.0592. The lowest BCUT2D eigenvalue weighted by atomic mass is 9.96. The van der Waals surface area contributed by atoms with Crippen LogP contribution in [0.2, 0.25) is 0 Å². The molecule has 0 unspecified atom stereocenters. The molecule has 0 spiro atoms. The first kappa shape index (κ1) is 20.7. The highest BCUT2D eigenvalue weighted by atomic mass is 19.2. The molecule has 0 saturated carbocycles. The van der Waals surface area contributed by atoms with Crippen LogP contribution in [0, 0.1) is 24.5 Å². The molecule has 2 saturated heterocycles. The Bertz CT molecular complexity index is 723. The number of benzene rings is 1. The summed E-state index contributed by atoms with van der Waals surface area (Å²) in [7, 11) is 0. The van der Waals surface area contributed by atoms with Crippen molar-refractivity contribution in [2.24, 2.45) is 5.92 Å². The van der Waals surface area contributed by atoms with E-state index < -0.39 is 11.6 Å². The summed E-state index contributed by atoms with van der Waals surface area (Å²) in [6, 6.07) is 2.97. The van der Waals surface area contributed by atoms with E-state index in [2.05, 4.69) is 10.2 Å². The second kappa shape index (κ2) is 9.43. The van der Waals surface area contributed by atoms with E-state index in [9.17, 15) is 18.4 Å². The molecule has 1 N–H and O–H groups in total. The van der Waals surface area contributed by atoms with Gasteiger partial charge in [-0.1, -0.05) is 12.1 Å². The number of piperidine rings is 1. The Balaban J connectivity index is 1.50. The molecule has 2 fully saturated rings. The minimum atomic E-state index is -0.925. The maximum absolute atomic E-state index is 14.0. The van der Waals surface area contributed by atoms with Crippen LogP contribution in [0.5, 0.6) is 0 Å². The Morgan fingerprint density at radius 2 is 1.96 bits per heavy atom. The van der Waals surface area contributed by atoms with E-state index in [0.717, 1.165) is 19.6 Å². The second-order valence-electron chi connectivity index (χ2n) is 7.42. The highest BCUT2D eigenvalue weighted by Gasteiger charge is 2.30. The van der Waals surface area contributed by atoms with Crippen molar-refractivity contribution in [3.63, 3.8) is 0 Å². The fourth-order valence-corrected chi connectivity index (χ4v) is 3.58. The normalized spacial score (nSPS) is 21.0. The van der Waals surface area contributed by atoms with E-state index in [-0.39, 0.29) is 35.4 Å². The van der Waals surface area contributed by atoms with Crippen LogP contribution in [-0.4, -0.2) is 67.6 Å². The molecule has 28 heavy (non-hydrogen) atoms. The molecule has 154 valence electrons. The molecule has 0 aliphatic carbocycles. The van der Waals surface area contributed by atoms with Crippen LogP contribution in [-0.2, 0) is 20.9 Å². The highest BCUT2D eigenvalue weighted by molar-refractivity contribution is 5.83. The molecular formula is C20H27F2N3O3. The second-order valence-corrected chi connectivity index (χ2v) is 7.42. The third-order valence-electron chi connectivity index (χ3n) is 5.47. The predicted molar refractivity (Wildman–Crippen MR) is 99.5 cm³/mol. The molecule has 0 radical (unpaired) electrons.